The Morgan fingerprint density at radius 1 is 1.48 bits per heavy atom. The Balaban J connectivity index is 1.99. The summed E-state index contributed by atoms with van der Waals surface area (Å²) in [7, 11) is 1.63. The maximum absolute atomic E-state index is 12.3. The van der Waals surface area contributed by atoms with Gasteiger partial charge in [-0.25, -0.2) is 0 Å². The van der Waals surface area contributed by atoms with Crippen LogP contribution in [-0.2, 0) is 9.53 Å². The molecule has 1 aliphatic heterocycles. The molecular weight excluding hydrogens is 266 g/mol. The third-order valence-corrected chi connectivity index (χ3v) is 3.69. The van der Waals surface area contributed by atoms with Crippen LogP contribution in [0.25, 0.3) is 6.08 Å². The topological polar surface area (TPSA) is 38.8 Å². The minimum atomic E-state index is 0.0129. The Bertz CT molecular complexity index is 493. The van der Waals surface area contributed by atoms with Crippen LogP contribution in [0, 0.1) is 0 Å². The Kier molecular flexibility index (Phi) is 5.81. The summed E-state index contributed by atoms with van der Waals surface area (Å²) < 4.78 is 10.9. The van der Waals surface area contributed by atoms with E-state index in [1.165, 1.54) is 0 Å². The average Bonchev–Trinajstić information content (AvgIpc) is 3.03. The predicted molar refractivity (Wildman–Crippen MR) is 83.3 cm³/mol. The second-order valence-corrected chi connectivity index (χ2v) is 5.09. The summed E-state index contributed by atoms with van der Waals surface area (Å²) in [5, 5.41) is 0. The van der Waals surface area contributed by atoms with E-state index in [0.717, 1.165) is 30.8 Å². The number of methoxy groups -OCH3 is 1. The molecule has 114 valence electrons. The maximum atomic E-state index is 12.3. The number of para-hydroxylation sites is 1. The molecule has 4 nitrogen and oxygen atoms in total. The number of carbonyl (C=O) groups is 1. The van der Waals surface area contributed by atoms with Gasteiger partial charge in [-0.05, 0) is 31.9 Å². The largest absolute Gasteiger partial charge is 0.496 e. The molecule has 1 atom stereocenters. The van der Waals surface area contributed by atoms with Gasteiger partial charge in [0.05, 0.1) is 13.2 Å². The smallest absolute Gasteiger partial charge is 0.246 e. The molecule has 0 spiro atoms. The molecule has 1 amide bonds. The molecule has 0 aromatic heterocycles. The van der Waals surface area contributed by atoms with Gasteiger partial charge < -0.3 is 14.4 Å². The van der Waals surface area contributed by atoms with Gasteiger partial charge in [0.15, 0.2) is 0 Å². The molecule has 1 unspecified atom stereocenters. The minimum Gasteiger partial charge on any atom is -0.496 e. The fourth-order valence-electron chi connectivity index (χ4n) is 2.48. The van der Waals surface area contributed by atoms with Crippen molar-refractivity contribution >= 4 is 12.0 Å². The molecule has 2 rings (SSSR count). The van der Waals surface area contributed by atoms with Crippen LogP contribution in [0.3, 0.4) is 0 Å². The predicted octanol–water partition coefficient (Wildman–Crippen LogP) is 2.74. The lowest BCUT2D eigenvalue weighted by atomic mass is 10.2. The molecule has 1 fully saturated rings. The quantitative estimate of drug-likeness (QED) is 0.756. The van der Waals surface area contributed by atoms with E-state index in [2.05, 4.69) is 0 Å². The zero-order valence-corrected chi connectivity index (χ0v) is 12.7. The van der Waals surface area contributed by atoms with Gasteiger partial charge in [-0.15, -0.1) is 0 Å². The van der Waals surface area contributed by atoms with Gasteiger partial charge >= 0.3 is 0 Å². The molecule has 0 saturated carbocycles. The molecule has 1 aromatic carbocycles. The van der Waals surface area contributed by atoms with Crippen molar-refractivity contribution in [1.29, 1.82) is 0 Å². The molecule has 1 aliphatic rings. The van der Waals surface area contributed by atoms with E-state index in [-0.39, 0.29) is 12.0 Å². The van der Waals surface area contributed by atoms with Crippen molar-refractivity contribution in [3.8, 4) is 5.75 Å². The van der Waals surface area contributed by atoms with E-state index in [0.29, 0.717) is 13.1 Å². The third-order valence-electron chi connectivity index (χ3n) is 3.69. The average molecular weight is 289 g/mol. The van der Waals surface area contributed by atoms with Gasteiger partial charge in [0.1, 0.15) is 5.75 Å². The number of ether oxygens (including phenoxy) is 2. The van der Waals surface area contributed by atoms with Crippen molar-refractivity contribution in [2.24, 2.45) is 0 Å². The summed E-state index contributed by atoms with van der Waals surface area (Å²) in [4.78, 5) is 14.1. The first-order valence-electron chi connectivity index (χ1n) is 7.46. The lowest BCUT2D eigenvalue weighted by Gasteiger charge is -2.22. The summed E-state index contributed by atoms with van der Waals surface area (Å²) in [6.45, 7) is 4.16. The molecule has 1 heterocycles. The molecular formula is C17H23NO3. The number of benzene rings is 1. The summed E-state index contributed by atoms with van der Waals surface area (Å²) in [5.74, 6) is 0.780. The van der Waals surface area contributed by atoms with Crippen LogP contribution < -0.4 is 4.74 Å². The molecule has 0 radical (unpaired) electrons. The number of carbonyl (C=O) groups excluding carboxylic acids is 1. The fraction of sp³-hybridized carbons (Fsp3) is 0.471. The lowest BCUT2D eigenvalue weighted by Crippen LogP contribution is -2.36. The Morgan fingerprint density at radius 2 is 2.29 bits per heavy atom. The van der Waals surface area contributed by atoms with Crippen molar-refractivity contribution in [2.45, 2.75) is 25.9 Å². The van der Waals surface area contributed by atoms with Crippen LogP contribution >= 0.6 is 0 Å². The van der Waals surface area contributed by atoms with E-state index < -0.39 is 0 Å². The van der Waals surface area contributed by atoms with Crippen molar-refractivity contribution in [3.63, 3.8) is 0 Å². The van der Waals surface area contributed by atoms with Crippen molar-refractivity contribution in [3.05, 3.63) is 35.9 Å². The zero-order valence-electron chi connectivity index (χ0n) is 12.7. The number of hydrogen-bond acceptors (Lipinski definition) is 3. The highest BCUT2D eigenvalue weighted by atomic mass is 16.5. The Labute approximate surface area is 126 Å². The van der Waals surface area contributed by atoms with Gasteiger partial charge in [0.25, 0.3) is 0 Å². The van der Waals surface area contributed by atoms with Crippen LogP contribution in [-0.4, -0.2) is 43.7 Å². The van der Waals surface area contributed by atoms with Gasteiger partial charge in [0, 0.05) is 31.3 Å². The number of rotatable bonds is 6. The Hall–Kier alpha value is -1.81. The zero-order chi connectivity index (χ0) is 15.1. The minimum absolute atomic E-state index is 0.0129. The molecule has 0 bridgehead atoms. The van der Waals surface area contributed by atoms with E-state index in [4.69, 9.17) is 9.47 Å². The standard InChI is InChI=1S/C17H23NO3/c1-3-18(13-15-8-6-12-21-15)17(19)11-10-14-7-4-5-9-16(14)20-2/h4-5,7,9-11,15H,3,6,8,12-13H2,1-2H3. The van der Waals surface area contributed by atoms with Crippen LogP contribution in [0.15, 0.2) is 30.3 Å². The molecule has 1 saturated heterocycles. The second kappa shape index (κ2) is 7.84. The first-order chi connectivity index (χ1) is 10.2. The van der Waals surface area contributed by atoms with Crippen molar-refractivity contribution in [1.82, 2.24) is 4.90 Å². The van der Waals surface area contributed by atoms with E-state index in [1.807, 2.05) is 36.1 Å². The normalized spacial score (nSPS) is 18.1. The molecule has 1 aromatic rings. The summed E-state index contributed by atoms with van der Waals surface area (Å²) in [6, 6.07) is 7.65. The van der Waals surface area contributed by atoms with Gasteiger partial charge in [-0.2, -0.15) is 0 Å². The summed E-state index contributed by atoms with van der Waals surface area (Å²) >= 11 is 0. The lowest BCUT2D eigenvalue weighted by molar-refractivity contribution is -0.127. The van der Waals surface area contributed by atoms with Crippen LogP contribution in [0.4, 0.5) is 0 Å². The van der Waals surface area contributed by atoms with Gasteiger partial charge in [-0.3, -0.25) is 4.79 Å². The SMILES string of the molecule is CCN(CC1CCCO1)C(=O)C=Cc1ccccc1OC. The van der Waals surface area contributed by atoms with E-state index in [9.17, 15) is 4.79 Å². The van der Waals surface area contributed by atoms with Crippen molar-refractivity contribution in [2.75, 3.05) is 26.8 Å². The highest BCUT2D eigenvalue weighted by Gasteiger charge is 2.20. The number of nitrogens with zero attached hydrogens (tertiary/aromatic N) is 1. The molecule has 21 heavy (non-hydrogen) atoms. The van der Waals surface area contributed by atoms with E-state index >= 15 is 0 Å². The molecule has 0 N–H and O–H groups in total. The first-order valence-corrected chi connectivity index (χ1v) is 7.46. The fourth-order valence-corrected chi connectivity index (χ4v) is 2.48. The van der Waals surface area contributed by atoms with Crippen LogP contribution in [0.2, 0.25) is 0 Å². The Morgan fingerprint density at radius 3 is 2.95 bits per heavy atom. The number of amides is 1. The number of hydrogen-bond donors (Lipinski definition) is 0. The van der Waals surface area contributed by atoms with Gasteiger partial charge in [0.2, 0.25) is 5.91 Å². The van der Waals surface area contributed by atoms with Crippen LogP contribution in [0.5, 0.6) is 5.75 Å². The summed E-state index contributed by atoms with van der Waals surface area (Å²) in [5.41, 5.74) is 0.904. The van der Waals surface area contributed by atoms with Crippen LogP contribution in [0.1, 0.15) is 25.3 Å². The summed E-state index contributed by atoms with van der Waals surface area (Å²) in [6.07, 6.45) is 5.73. The second-order valence-electron chi connectivity index (χ2n) is 5.09. The van der Waals surface area contributed by atoms with Crippen molar-refractivity contribution < 1.29 is 14.3 Å². The maximum Gasteiger partial charge on any atom is 0.246 e. The van der Waals surface area contributed by atoms with Gasteiger partial charge in [-0.1, -0.05) is 18.2 Å². The first kappa shape index (κ1) is 15.6. The molecule has 4 heteroatoms. The highest BCUT2D eigenvalue weighted by Crippen LogP contribution is 2.19. The van der Waals surface area contributed by atoms with E-state index in [1.54, 1.807) is 19.3 Å². The monoisotopic (exact) mass is 289 g/mol. The molecule has 0 aliphatic carbocycles. The highest BCUT2D eigenvalue weighted by molar-refractivity contribution is 5.92. The number of likely N-dealkylation sites (N-methyl/N-ethyl adjacent to an activating group) is 1. The third kappa shape index (κ3) is 4.33.